The molecule has 2 aliphatic rings. The van der Waals surface area contributed by atoms with E-state index >= 15 is 0 Å². The second kappa shape index (κ2) is 8.47. The normalized spacial score (nSPS) is 19.7. The summed E-state index contributed by atoms with van der Waals surface area (Å²) in [5, 5.41) is 7.84. The molecule has 2 fully saturated rings. The monoisotopic (exact) mass is 384 g/mol. The summed E-state index contributed by atoms with van der Waals surface area (Å²) in [6.45, 7) is 3.75. The Labute approximate surface area is 159 Å². The van der Waals surface area contributed by atoms with E-state index in [-0.39, 0.29) is 12.1 Å². The van der Waals surface area contributed by atoms with E-state index in [0.29, 0.717) is 16.1 Å². The highest BCUT2D eigenvalue weighted by molar-refractivity contribution is 6.35. The van der Waals surface area contributed by atoms with E-state index in [1.54, 1.807) is 6.07 Å². The Hall–Kier alpha value is -1.17. The van der Waals surface area contributed by atoms with Crippen LogP contribution in [-0.2, 0) is 0 Å². The van der Waals surface area contributed by atoms with E-state index in [9.17, 15) is 4.79 Å². The smallest absolute Gasteiger partial charge is 0.317 e. The van der Waals surface area contributed by atoms with Crippen molar-refractivity contribution in [1.29, 1.82) is 0 Å². The van der Waals surface area contributed by atoms with Crippen LogP contribution in [0.1, 0.15) is 25.7 Å². The van der Waals surface area contributed by atoms with Crippen molar-refractivity contribution < 1.29 is 4.79 Å². The van der Waals surface area contributed by atoms with Gasteiger partial charge >= 0.3 is 6.03 Å². The van der Waals surface area contributed by atoms with Crippen molar-refractivity contribution in [3.8, 4) is 0 Å². The first-order valence-corrected chi connectivity index (χ1v) is 9.73. The number of amides is 2. The highest BCUT2D eigenvalue weighted by atomic mass is 35.5. The molecule has 0 bridgehead atoms. The molecule has 2 amide bonds. The molecule has 2 saturated heterocycles. The first-order chi connectivity index (χ1) is 12.0. The molecule has 1 aromatic rings. The van der Waals surface area contributed by atoms with E-state index in [4.69, 9.17) is 23.2 Å². The standard InChI is InChI=1S/C18H26Cl2N4O/c1-23(16-2-6-21-7-3-16)18(25)22-15-4-8-24(9-5-15)17-11-13(19)10-14(20)12-17/h10-12,15-16,21H,2-9H2,1H3,(H,22,25). The molecule has 2 aliphatic heterocycles. The molecule has 0 atom stereocenters. The van der Waals surface area contributed by atoms with Crippen LogP contribution in [0.15, 0.2) is 18.2 Å². The fourth-order valence-electron chi connectivity index (χ4n) is 3.64. The van der Waals surface area contributed by atoms with Gasteiger partial charge in [-0.2, -0.15) is 0 Å². The minimum atomic E-state index is 0.0520. The number of urea groups is 1. The SMILES string of the molecule is CN(C(=O)NC1CCN(c2cc(Cl)cc(Cl)c2)CC1)C1CCNCC1. The molecule has 0 aromatic heterocycles. The van der Waals surface area contributed by atoms with Crippen LogP contribution < -0.4 is 15.5 Å². The Kier molecular flexibility index (Phi) is 6.31. The molecule has 3 rings (SSSR count). The minimum absolute atomic E-state index is 0.0520. The first-order valence-electron chi connectivity index (χ1n) is 8.98. The van der Waals surface area contributed by atoms with E-state index in [0.717, 1.165) is 57.5 Å². The van der Waals surface area contributed by atoms with Crippen LogP contribution in [-0.4, -0.2) is 56.2 Å². The van der Waals surface area contributed by atoms with Crippen LogP contribution in [0.4, 0.5) is 10.5 Å². The number of carbonyl (C=O) groups is 1. The maximum atomic E-state index is 12.5. The molecule has 0 unspecified atom stereocenters. The van der Waals surface area contributed by atoms with E-state index in [1.165, 1.54) is 0 Å². The number of benzene rings is 1. The number of rotatable bonds is 3. The lowest BCUT2D eigenvalue weighted by Crippen LogP contribution is -2.52. The van der Waals surface area contributed by atoms with Crippen molar-refractivity contribution in [2.24, 2.45) is 0 Å². The van der Waals surface area contributed by atoms with Gasteiger partial charge in [0, 0.05) is 48.0 Å². The lowest BCUT2D eigenvalue weighted by molar-refractivity contribution is 0.171. The molecule has 138 valence electrons. The van der Waals surface area contributed by atoms with Crippen molar-refractivity contribution >= 4 is 34.9 Å². The predicted molar refractivity (Wildman–Crippen MR) is 104 cm³/mol. The molecule has 5 nitrogen and oxygen atoms in total. The van der Waals surface area contributed by atoms with Crippen molar-refractivity contribution in [3.63, 3.8) is 0 Å². The van der Waals surface area contributed by atoms with Crippen LogP contribution in [0, 0.1) is 0 Å². The van der Waals surface area contributed by atoms with Crippen LogP contribution in [0.25, 0.3) is 0 Å². The number of carbonyl (C=O) groups excluding carboxylic acids is 1. The average Bonchev–Trinajstić information content (AvgIpc) is 2.61. The van der Waals surface area contributed by atoms with E-state index < -0.39 is 0 Å². The Morgan fingerprint density at radius 3 is 2.32 bits per heavy atom. The van der Waals surface area contributed by atoms with Gasteiger partial charge in [-0.15, -0.1) is 0 Å². The summed E-state index contributed by atoms with van der Waals surface area (Å²) in [6, 6.07) is 6.25. The van der Waals surface area contributed by atoms with Gasteiger partial charge in [0.25, 0.3) is 0 Å². The second-order valence-corrected chi connectivity index (χ2v) is 7.80. The van der Waals surface area contributed by atoms with Gasteiger partial charge in [0.15, 0.2) is 0 Å². The molecular formula is C18H26Cl2N4O. The highest BCUT2D eigenvalue weighted by Gasteiger charge is 2.26. The number of hydrogen-bond acceptors (Lipinski definition) is 3. The molecule has 1 aromatic carbocycles. The van der Waals surface area contributed by atoms with Gasteiger partial charge in [-0.05, 0) is 57.0 Å². The molecule has 2 N–H and O–H groups in total. The first kappa shape index (κ1) is 18.6. The van der Waals surface area contributed by atoms with E-state index in [1.807, 2.05) is 24.1 Å². The fraction of sp³-hybridized carbons (Fsp3) is 0.611. The van der Waals surface area contributed by atoms with Gasteiger partial charge in [-0.3, -0.25) is 0 Å². The molecule has 25 heavy (non-hydrogen) atoms. The third-order valence-electron chi connectivity index (χ3n) is 5.21. The molecular weight excluding hydrogens is 359 g/mol. The summed E-state index contributed by atoms with van der Waals surface area (Å²) >= 11 is 12.2. The molecule has 2 heterocycles. The quantitative estimate of drug-likeness (QED) is 0.839. The number of nitrogens with zero attached hydrogens (tertiary/aromatic N) is 2. The molecule has 0 radical (unpaired) electrons. The van der Waals surface area contributed by atoms with Gasteiger partial charge in [-0.1, -0.05) is 23.2 Å². The predicted octanol–water partition coefficient (Wildman–Crippen LogP) is 3.36. The summed E-state index contributed by atoms with van der Waals surface area (Å²) < 4.78 is 0. The minimum Gasteiger partial charge on any atom is -0.371 e. The molecule has 0 saturated carbocycles. The summed E-state index contributed by atoms with van der Waals surface area (Å²) in [7, 11) is 1.91. The van der Waals surface area contributed by atoms with Gasteiger partial charge in [0.2, 0.25) is 0 Å². The summed E-state index contributed by atoms with van der Waals surface area (Å²) in [6.07, 6.45) is 3.90. The number of nitrogens with one attached hydrogen (secondary N) is 2. The largest absolute Gasteiger partial charge is 0.371 e. The Bertz CT molecular complexity index is 578. The molecule has 7 heteroatoms. The number of hydrogen-bond donors (Lipinski definition) is 2. The lowest BCUT2D eigenvalue weighted by Gasteiger charge is -2.36. The lowest BCUT2D eigenvalue weighted by atomic mass is 10.0. The zero-order valence-corrected chi connectivity index (χ0v) is 16.1. The average molecular weight is 385 g/mol. The van der Waals surface area contributed by atoms with Crippen LogP contribution >= 0.6 is 23.2 Å². The zero-order chi connectivity index (χ0) is 17.8. The number of halogens is 2. The number of anilines is 1. The maximum absolute atomic E-state index is 12.5. The Morgan fingerprint density at radius 2 is 1.72 bits per heavy atom. The second-order valence-electron chi connectivity index (χ2n) is 6.93. The van der Waals surface area contributed by atoms with Gasteiger partial charge in [-0.25, -0.2) is 4.79 Å². The number of piperidine rings is 2. The Balaban J connectivity index is 1.49. The summed E-state index contributed by atoms with van der Waals surface area (Å²) in [5.41, 5.74) is 1.05. The van der Waals surface area contributed by atoms with Gasteiger partial charge in [0.1, 0.15) is 0 Å². The Morgan fingerprint density at radius 1 is 1.12 bits per heavy atom. The molecule has 0 spiro atoms. The third-order valence-corrected chi connectivity index (χ3v) is 5.65. The highest BCUT2D eigenvalue weighted by Crippen LogP contribution is 2.27. The fourth-order valence-corrected chi connectivity index (χ4v) is 4.15. The topological polar surface area (TPSA) is 47.6 Å². The zero-order valence-electron chi connectivity index (χ0n) is 14.6. The van der Waals surface area contributed by atoms with Gasteiger partial charge in [0.05, 0.1) is 0 Å². The van der Waals surface area contributed by atoms with Crippen molar-refractivity contribution in [2.45, 2.75) is 37.8 Å². The third kappa shape index (κ3) is 4.93. The van der Waals surface area contributed by atoms with Crippen LogP contribution in [0.3, 0.4) is 0 Å². The van der Waals surface area contributed by atoms with Gasteiger partial charge < -0.3 is 20.4 Å². The van der Waals surface area contributed by atoms with Crippen molar-refractivity contribution in [2.75, 3.05) is 38.1 Å². The summed E-state index contributed by atoms with van der Waals surface area (Å²) in [5.74, 6) is 0. The van der Waals surface area contributed by atoms with E-state index in [2.05, 4.69) is 15.5 Å². The van der Waals surface area contributed by atoms with Crippen molar-refractivity contribution in [1.82, 2.24) is 15.5 Å². The summed E-state index contributed by atoms with van der Waals surface area (Å²) in [4.78, 5) is 16.7. The van der Waals surface area contributed by atoms with Crippen LogP contribution in [0.5, 0.6) is 0 Å². The maximum Gasteiger partial charge on any atom is 0.317 e. The van der Waals surface area contributed by atoms with Crippen LogP contribution in [0.2, 0.25) is 10.0 Å². The van der Waals surface area contributed by atoms with Crippen molar-refractivity contribution in [3.05, 3.63) is 28.2 Å². The molecule has 0 aliphatic carbocycles.